The molecule has 396 valence electrons. The van der Waals surface area contributed by atoms with E-state index in [0.717, 1.165) is 113 Å². The van der Waals surface area contributed by atoms with Crippen LogP contribution in [-0.2, 0) is 28.9 Å². The third-order valence-electron chi connectivity index (χ3n) is 8.97. The molecule has 0 unspecified atom stereocenters. The third-order valence-corrected chi connectivity index (χ3v) is 8.97. The number of nitrogens with zero attached hydrogens (tertiary/aromatic N) is 2. The molecule has 4 aromatic rings. The fraction of sp³-hybridized carbons (Fsp3) is 0.526. The number of aliphatic hydroxyl groups excluding tert-OH is 4. The first-order valence-electron chi connectivity index (χ1n) is 21.5. The van der Waals surface area contributed by atoms with Gasteiger partial charge in [-0.05, 0) is 133 Å². The zero-order chi connectivity index (χ0) is 45.7. The Morgan fingerprint density at radius 1 is 0.522 bits per heavy atom. The molecule has 0 saturated carbocycles. The van der Waals surface area contributed by atoms with Gasteiger partial charge in [0, 0.05) is 27.8 Å². The van der Waals surface area contributed by atoms with Crippen molar-refractivity contribution in [1.29, 1.82) is 10.7 Å². The number of halogens is 1. The molecule has 69 heavy (non-hydrogen) atoms. The van der Waals surface area contributed by atoms with Crippen LogP contribution in [-0.4, -0.2) is 70.5 Å². The van der Waals surface area contributed by atoms with Gasteiger partial charge in [0.25, 0.3) is 6.26 Å². The lowest BCUT2D eigenvalue weighted by Crippen LogP contribution is -1.98. The highest BCUT2D eigenvalue weighted by Gasteiger charge is 2.02. The van der Waals surface area contributed by atoms with Gasteiger partial charge in [-0.2, -0.15) is 4.99 Å². The first-order chi connectivity index (χ1) is 30.4. The van der Waals surface area contributed by atoms with Crippen molar-refractivity contribution in [3.8, 4) is 17.8 Å². The number of alkyl halides is 1. The summed E-state index contributed by atoms with van der Waals surface area (Å²) in [5, 5.41) is 48.0. The van der Waals surface area contributed by atoms with Crippen molar-refractivity contribution in [3.63, 3.8) is 0 Å². The molecule has 0 radical (unpaired) electrons. The summed E-state index contributed by atoms with van der Waals surface area (Å²) < 4.78 is 16.7. The molecule has 0 heterocycles. The van der Waals surface area contributed by atoms with E-state index in [9.17, 15) is 4.79 Å². The fourth-order valence-corrected chi connectivity index (χ4v) is 5.77. The Balaban J connectivity index is -0.000000113. The predicted molar refractivity (Wildman–Crippen MR) is 305 cm³/mol. The molecule has 12 heteroatoms. The molecule has 4 aromatic carbocycles. The molecular weight excluding hydrogens is 982 g/mol. The summed E-state index contributed by atoms with van der Waals surface area (Å²) >= 11 is 1.96. The van der Waals surface area contributed by atoms with Gasteiger partial charge in [0.2, 0.25) is 12.2 Å². The van der Waals surface area contributed by atoms with Crippen LogP contribution in [0, 0.1) is 16.9 Å². The second kappa shape index (κ2) is 63.3. The number of rotatable bonds is 25. The zero-order valence-corrected chi connectivity index (χ0v) is 37.6. The van der Waals surface area contributed by atoms with Gasteiger partial charge in [0.05, 0.1) is 12.3 Å². The quantitative estimate of drug-likeness (QED) is 0.0107. The Bertz CT molecular complexity index is 1680. The first-order valence-corrected chi connectivity index (χ1v) is 22.3. The van der Waals surface area contributed by atoms with Crippen molar-refractivity contribution in [2.75, 3.05) is 37.9 Å². The van der Waals surface area contributed by atoms with E-state index < -0.39 is 0 Å². The average Bonchev–Trinajstić information content (AvgIpc) is 3.28. The summed E-state index contributed by atoms with van der Waals surface area (Å²) in [6.45, 7) is 1.92. The molecule has 0 aliphatic rings. The largest absolute Gasteiger partial charge is 0.494 e. The van der Waals surface area contributed by atoms with Gasteiger partial charge in [-0.3, -0.25) is 0 Å². The minimum absolute atomic E-state index is 0. The number of isocyanates is 2. The van der Waals surface area contributed by atoms with Gasteiger partial charge < -0.3 is 29.9 Å². The summed E-state index contributed by atoms with van der Waals surface area (Å²) in [5.74, 6) is 1.46. The van der Waals surface area contributed by atoms with Crippen molar-refractivity contribution in [3.05, 3.63) is 125 Å². The molecular formula is C57H98IN3O8. The zero-order valence-electron chi connectivity index (χ0n) is 36.5. The Hall–Kier alpha value is -4.70. The number of carbonyl (C=O) groups excluding carboxylic acids is 2. The summed E-state index contributed by atoms with van der Waals surface area (Å²) in [6.07, 6.45) is 20.5. The second-order valence-corrected chi connectivity index (χ2v) is 13.7. The van der Waals surface area contributed by atoms with Crippen LogP contribution in [0.25, 0.3) is 0 Å². The Kier molecular flexibility index (Phi) is 74.6. The maximum Gasteiger partial charge on any atom is 0.292 e. The number of nitrogens with one attached hydrogen (secondary N) is 1. The van der Waals surface area contributed by atoms with E-state index in [4.69, 9.17) is 46.7 Å². The molecule has 4 rings (SSSR count). The van der Waals surface area contributed by atoms with Gasteiger partial charge in [0.1, 0.15) is 11.5 Å². The molecule has 0 atom stereocenters. The van der Waals surface area contributed by atoms with E-state index in [-0.39, 0.29) is 79.2 Å². The second-order valence-electron chi connectivity index (χ2n) is 13.7. The van der Waals surface area contributed by atoms with Crippen molar-refractivity contribution >= 4 is 40.4 Å². The van der Waals surface area contributed by atoms with E-state index >= 15 is 0 Å². The molecule has 0 fully saturated rings. The molecule has 0 amide bonds. The summed E-state index contributed by atoms with van der Waals surface area (Å²) in [6, 6.07) is 32.1. The molecule has 0 saturated heterocycles. The van der Waals surface area contributed by atoms with Crippen LogP contribution in [0.15, 0.2) is 102 Å². The number of aliphatic imine (C=N–C) groups is 1. The standard InChI is InChI=1S/C26H38O3.C15H10N2O2.C6H14O2.CH3I.CHNO.8CH4/c27-19-7-3-1-2-6-10-23-11-13-24(14-12-23)22-25-15-17-26(18-16-25)29-21-9-5-4-8-20-28;16-10-19-15-7-3-13(4-8-15)9-12-1-5-14(6-2-12)17-11-18;7-5-3-1-2-4-6-8;1-2;2-1-3;;;;;;;;/h11-18,27-28H,1-10,19-22H2;1-8H,9H2;7-8H,1-6H2;1H3;2H;8*1H4/i;;;1D;;;;;;;;;. The molecule has 11 nitrogen and oxygen atoms in total. The van der Waals surface area contributed by atoms with Crippen molar-refractivity contribution in [2.24, 2.45) is 4.99 Å². The van der Waals surface area contributed by atoms with E-state index in [1.807, 2.05) is 46.9 Å². The van der Waals surface area contributed by atoms with Gasteiger partial charge in [-0.15, -0.1) is 5.26 Å². The van der Waals surface area contributed by atoms with Crippen LogP contribution in [0.5, 0.6) is 11.5 Å². The lowest BCUT2D eigenvalue weighted by Gasteiger charge is -2.08. The van der Waals surface area contributed by atoms with Gasteiger partial charge >= 0.3 is 0 Å². The smallest absolute Gasteiger partial charge is 0.292 e. The number of ether oxygens (including phenoxy) is 2. The summed E-state index contributed by atoms with van der Waals surface area (Å²) in [5.41, 5.74) is 6.87. The Morgan fingerprint density at radius 2 is 0.826 bits per heavy atom. The van der Waals surface area contributed by atoms with E-state index in [2.05, 4.69) is 53.5 Å². The fourth-order valence-electron chi connectivity index (χ4n) is 5.77. The van der Waals surface area contributed by atoms with E-state index in [1.54, 1.807) is 30.5 Å². The highest BCUT2D eigenvalue weighted by atomic mass is 127. The number of unbranched alkanes of at least 4 members (excludes halogenated alkanes) is 10. The van der Waals surface area contributed by atoms with Crippen molar-refractivity contribution < 1.29 is 40.9 Å². The average molecular weight is 1080 g/mol. The number of benzene rings is 4. The van der Waals surface area contributed by atoms with Gasteiger partial charge in [-0.25, -0.2) is 15.0 Å². The van der Waals surface area contributed by atoms with Crippen LogP contribution in [0.1, 0.15) is 172 Å². The SMILES string of the molecule is C.C.C.C.C.C.C.C.N#COc1ccc(Cc2ccc(N=C=O)cc2)cc1.N=C=O.OCCCCCCCc1ccc(Cc2ccc(OCCCCCCO)cc2)cc1.OCCCCCCO.[2H]CI. The topological polar surface area (TPSA) is 194 Å². The molecule has 5 N–H and O–H groups in total. The maximum atomic E-state index is 10.1. The molecule has 0 aliphatic carbocycles. The van der Waals surface area contributed by atoms with E-state index in [1.165, 1.54) is 42.0 Å². The number of aliphatic hydroxyl groups is 4. The van der Waals surface area contributed by atoms with Gasteiger partial charge in [-0.1, -0.05) is 181 Å². The normalized spacial score (nSPS) is 8.67. The molecule has 0 aliphatic heterocycles. The lowest BCUT2D eigenvalue weighted by molar-refractivity contribution is 0.265. The molecule has 0 aromatic heterocycles. The number of nitriles is 1. The summed E-state index contributed by atoms with van der Waals surface area (Å²) in [7, 11) is 0. The van der Waals surface area contributed by atoms with Crippen molar-refractivity contribution in [1.82, 2.24) is 0 Å². The van der Waals surface area contributed by atoms with Crippen LogP contribution in [0.3, 0.4) is 0 Å². The number of hydrogen-bond donors (Lipinski definition) is 5. The Morgan fingerprint density at radius 3 is 1.19 bits per heavy atom. The summed E-state index contributed by atoms with van der Waals surface area (Å²) in [4.78, 5) is 22.5. The predicted octanol–water partition coefficient (Wildman–Crippen LogP) is 15.4. The van der Waals surface area contributed by atoms with Gasteiger partial charge in [0.15, 0.2) is 0 Å². The molecule has 0 bridgehead atoms. The van der Waals surface area contributed by atoms with Crippen LogP contribution < -0.4 is 9.47 Å². The first kappa shape index (κ1) is 81.3. The van der Waals surface area contributed by atoms with Crippen molar-refractivity contribution in [2.45, 2.75) is 162 Å². The van der Waals surface area contributed by atoms with Crippen LogP contribution in [0.4, 0.5) is 5.69 Å². The monoisotopic (exact) mass is 1080 g/mol. The number of aryl methyl sites for hydroxylation is 1. The minimum atomic E-state index is 0. The molecule has 0 spiro atoms. The van der Waals surface area contributed by atoms with E-state index in [0.29, 0.717) is 23.0 Å². The van der Waals surface area contributed by atoms with Crippen LogP contribution in [0.2, 0.25) is 0 Å². The highest BCUT2D eigenvalue weighted by Crippen LogP contribution is 2.19. The highest BCUT2D eigenvalue weighted by molar-refractivity contribution is 14.1. The third kappa shape index (κ3) is 48.1. The minimum Gasteiger partial charge on any atom is -0.494 e. The maximum absolute atomic E-state index is 10.1. The number of hydrogen-bond acceptors (Lipinski definition) is 11. The van der Waals surface area contributed by atoms with Crippen LogP contribution >= 0.6 is 22.6 Å². The lowest BCUT2D eigenvalue weighted by atomic mass is 10.0. The Labute approximate surface area is 437 Å².